The van der Waals surface area contributed by atoms with Gasteiger partial charge in [0.15, 0.2) is 0 Å². The average Bonchev–Trinajstić information content (AvgIpc) is 2.66. The number of nitriles is 1. The molecule has 20 heavy (non-hydrogen) atoms. The maximum absolute atomic E-state index is 9.58. The van der Waals surface area contributed by atoms with Gasteiger partial charge in [-0.05, 0) is 68.7 Å². The smallest absolute Gasteiger partial charge is 0.119 e. The van der Waals surface area contributed by atoms with Crippen molar-refractivity contribution in [1.29, 1.82) is 5.26 Å². The number of ether oxygens (including phenoxy) is 1. The molecule has 0 aromatic heterocycles. The Kier molecular flexibility index (Phi) is 3.30. The zero-order valence-electron chi connectivity index (χ0n) is 12.3. The molecule has 0 bridgehead atoms. The summed E-state index contributed by atoms with van der Waals surface area (Å²) in [5.41, 5.74) is 5.50. The molecule has 2 aliphatic carbocycles. The number of hydrogen-bond acceptors (Lipinski definition) is 2. The van der Waals surface area contributed by atoms with Gasteiger partial charge in [0.25, 0.3) is 0 Å². The van der Waals surface area contributed by atoms with E-state index in [0.717, 1.165) is 44.3 Å². The first-order valence-electron chi connectivity index (χ1n) is 7.45. The molecule has 0 radical (unpaired) electrons. The van der Waals surface area contributed by atoms with E-state index in [1.54, 1.807) is 7.11 Å². The lowest BCUT2D eigenvalue weighted by molar-refractivity contribution is 0.412. The third kappa shape index (κ3) is 2.12. The predicted octanol–water partition coefficient (Wildman–Crippen LogP) is 4.19. The number of methoxy groups -OCH3 is 1. The van der Waals surface area contributed by atoms with E-state index in [1.807, 2.05) is 0 Å². The number of fused-ring (bicyclic) bond motifs is 1. The Morgan fingerprint density at radius 2 is 2.05 bits per heavy atom. The van der Waals surface area contributed by atoms with Crippen molar-refractivity contribution in [2.24, 2.45) is 5.41 Å². The van der Waals surface area contributed by atoms with Crippen LogP contribution in [-0.2, 0) is 12.8 Å². The molecular weight excluding hydrogens is 246 g/mol. The highest BCUT2D eigenvalue weighted by atomic mass is 16.5. The Bertz CT molecular complexity index is 608. The molecule has 0 spiro atoms. The first kappa shape index (κ1) is 13.2. The SMILES string of the molecule is COc1ccc2c(c1)CCC1=C(CCCC1(C)C#N)C2. The minimum atomic E-state index is -0.236. The molecule has 1 unspecified atom stereocenters. The standard InChI is InChI=1S/C18H21NO/c1-18(12-19)9-3-4-15-10-13-5-7-16(20-2)11-14(13)6-8-17(15)18/h5,7,11H,3-4,6,8-10H2,1-2H3. The zero-order valence-corrected chi connectivity index (χ0v) is 12.3. The van der Waals surface area contributed by atoms with E-state index in [9.17, 15) is 5.26 Å². The van der Waals surface area contributed by atoms with Crippen LogP contribution in [0.4, 0.5) is 0 Å². The Balaban J connectivity index is 1.99. The Hall–Kier alpha value is -1.75. The molecule has 0 fully saturated rings. The summed E-state index contributed by atoms with van der Waals surface area (Å²) in [5, 5.41) is 9.58. The first-order valence-corrected chi connectivity index (χ1v) is 7.45. The van der Waals surface area contributed by atoms with Crippen LogP contribution in [0.25, 0.3) is 0 Å². The Morgan fingerprint density at radius 3 is 2.80 bits per heavy atom. The van der Waals surface area contributed by atoms with E-state index in [2.05, 4.69) is 31.2 Å². The fraction of sp³-hybridized carbons (Fsp3) is 0.500. The minimum Gasteiger partial charge on any atom is -0.497 e. The van der Waals surface area contributed by atoms with E-state index in [0.29, 0.717) is 0 Å². The molecule has 2 nitrogen and oxygen atoms in total. The van der Waals surface area contributed by atoms with Gasteiger partial charge in [-0.1, -0.05) is 17.2 Å². The van der Waals surface area contributed by atoms with Crippen molar-refractivity contribution in [3.63, 3.8) is 0 Å². The number of benzene rings is 1. The summed E-state index contributed by atoms with van der Waals surface area (Å²) < 4.78 is 5.34. The molecule has 0 saturated heterocycles. The average molecular weight is 267 g/mol. The fourth-order valence-corrected chi connectivity index (χ4v) is 3.74. The molecule has 1 aromatic rings. The van der Waals surface area contributed by atoms with Gasteiger partial charge >= 0.3 is 0 Å². The summed E-state index contributed by atoms with van der Waals surface area (Å²) in [6, 6.07) is 8.99. The van der Waals surface area contributed by atoms with Crippen LogP contribution in [0.2, 0.25) is 0 Å². The van der Waals surface area contributed by atoms with Crippen molar-refractivity contribution in [2.45, 2.75) is 45.4 Å². The fourth-order valence-electron chi connectivity index (χ4n) is 3.74. The molecule has 0 amide bonds. The summed E-state index contributed by atoms with van der Waals surface area (Å²) >= 11 is 0. The number of rotatable bonds is 1. The molecule has 0 saturated carbocycles. The van der Waals surface area contributed by atoms with Crippen molar-refractivity contribution >= 4 is 0 Å². The summed E-state index contributed by atoms with van der Waals surface area (Å²) in [6.07, 6.45) is 6.41. The van der Waals surface area contributed by atoms with Crippen molar-refractivity contribution < 1.29 is 4.74 Å². The van der Waals surface area contributed by atoms with Crippen LogP contribution in [0.1, 0.15) is 43.7 Å². The van der Waals surface area contributed by atoms with Crippen LogP contribution < -0.4 is 4.74 Å². The number of aryl methyl sites for hydroxylation is 1. The quantitative estimate of drug-likeness (QED) is 0.715. The van der Waals surface area contributed by atoms with Gasteiger partial charge in [0, 0.05) is 0 Å². The van der Waals surface area contributed by atoms with Gasteiger partial charge in [0.05, 0.1) is 18.6 Å². The Morgan fingerprint density at radius 1 is 1.20 bits per heavy atom. The molecule has 2 heteroatoms. The summed E-state index contributed by atoms with van der Waals surface area (Å²) in [4.78, 5) is 0. The topological polar surface area (TPSA) is 33.0 Å². The van der Waals surface area contributed by atoms with Crippen LogP contribution in [0, 0.1) is 16.7 Å². The van der Waals surface area contributed by atoms with Crippen LogP contribution in [0.3, 0.4) is 0 Å². The number of nitrogens with zero attached hydrogens (tertiary/aromatic N) is 1. The Labute approximate surface area is 121 Å². The van der Waals surface area contributed by atoms with Gasteiger partial charge in [-0.2, -0.15) is 5.26 Å². The van der Waals surface area contributed by atoms with Gasteiger partial charge in [-0.3, -0.25) is 0 Å². The van der Waals surface area contributed by atoms with Crippen LogP contribution in [0.5, 0.6) is 5.75 Å². The summed E-state index contributed by atoms with van der Waals surface area (Å²) in [6.45, 7) is 2.12. The van der Waals surface area contributed by atoms with Gasteiger partial charge in [0.1, 0.15) is 5.75 Å². The van der Waals surface area contributed by atoms with E-state index in [4.69, 9.17) is 4.74 Å². The highest BCUT2D eigenvalue weighted by molar-refractivity contribution is 5.43. The van der Waals surface area contributed by atoms with E-state index < -0.39 is 0 Å². The highest BCUT2D eigenvalue weighted by Gasteiger charge is 2.35. The normalized spacial score (nSPS) is 25.2. The second-order valence-corrected chi connectivity index (χ2v) is 6.19. The number of allylic oxidation sites excluding steroid dienone is 2. The molecule has 1 atom stereocenters. The maximum Gasteiger partial charge on any atom is 0.119 e. The molecule has 104 valence electrons. The van der Waals surface area contributed by atoms with Crippen molar-refractivity contribution in [1.82, 2.24) is 0 Å². The van der Waals surface area contributed by atoms with Crippen LogP contribution >= 0.6 is 0 Å². The molecular formula is C18H21NO. The van der Waals surface area contributed by atoms with Gasteiger partial charge in [-0.25, -0.2) is 0 Å². The molecule has 0 N–H and O–H groups in total. The third-order valence-electron chi connectivity index (χ3n) is 4.96. The first-order chi connectivity index (χ1) is 9.66. The van der Waals surface area contributed by atoms with Crippen molar-refractivity contribution in [3.8, 4) is 11.8 Å². The predicted molar refractivity (Wildman–Crippen MR) is 79.6 cm³/mol. The number of hydrogen-bond donors (Lipinski definition) is 0. The molecule has 1 aromatic carbocycles. The molecule has 2 aliphatic rings. The van der Waals surface area contributed by atoms with Crippen molar-refractivity contribution in [3.05, 3.63) is 40.5 Å². The minimum absolute atomic E-state index is 0.236. The summed E-state index contributed by atoms with van der Waals surface area (Å²) in [5.74, 6) is 0.937. The van der Waals surface area contributed by atoms with E-state index >= 15 is 0 Å². The lowest BCUT2D eigenvalue weighted by Gasteiger charge is -2.32. The second-order valence-electron chi connectivity index (χ2n) is 6.19. The lowest BCUT2D eigenvalue weighted by atomic mass is 9.70. The van der Waals surface area contributed by atoms with Gasteiger partial charge < -0.3 is 4.74 Å². The van der Waals surface area contributed by atoms with Crippen LogP contribution in [0.15, 0.2) is 29.3 Å². The van der Waals surface area contributed by atoms with Crippen molar-refractivity contribution in [2.75, 3.05) is 7.11 Å². The summed E-state index contributed by atoms with van der Waals surface area (Å²) in [7, 11) is 1.72. The van der Waals surface area contributed by atoms with Gasteiger partial charge in [-0.15, -0.1) is 0 Å². The van der Waals surface area contributed by atoms with Gasteiger partial charge in [0.2, 0.25) is 0 Å². The largest absolute Gasteiger partial charge is 0.497 e. The zero-order chi connectivity index (χ0) is 14.2. The lowest BCUT2D eigenvalue weighted by Crippen LogP contribution is -2.23. The molecule has 0 heterocycles. The molecule has 0 aliphatic heterocycles. The van der Waals surface area contributed by atoms with E-state index in [1.165, 1.54) is 22.3 Å². The van der Waals surface area contributed by atoms with Crippen LogP contribution in [-0.4, -0.2) is 7.11 Å². The highest BCUT2D eigenvalue weighted by Crippen LogP contribution is 2.45. The monoisotopic (exact) mass is 267 g/mol. The van der Waals surface area contributed by atoms with E-state index in [-0.39, 0.29) is 5.41 Å². The molecule has 3 rings (SSSR count). The maximum atomic E-state index is 9.58. The second kappa shape index (κ2) is 4.98. The third-order valence-corrected chi connectivity index (χ3v) is 4.96.